The van der Waals surface area contributed by atoms with Crippen LogP contribution in [0.2, 0.25) is 0 Å². The summed E-state index contributed by atoms with van der Waals surface area (Å²) in [7, 11) is 1.55. The van der Waals surface area contributed by atoms with E-state index in [9.17, 15) is 9.59 Å². The van der Waals surface area contributed by atoms with Gasteiger partial charge in [-0.2, -0.15) is 0 Å². The molecule has 0 aliphatic heterocycles. The van der Waals surface area contributed by atoms with Crippen molar-refractivity contribution in [2.45, 2.75) is 45.8 Å². The lowest BCUT2D eigenvalue weighted by atomic mass is 9.96. The molecule has 0 unspecified atom stereocenters. The minimum Gasteiger partial charge on any atom is -0.354 e. The van der Waals surface area contributed by atoms with Crippen molar-refractivity contribution in [2.75, 3.05) is 26.8 Å². The van der Waals surface area contributed by atoms with Crippen LogP contribution in [0.1, 0.15) is 71.6 Å². The van der Waals surface area contributed by atoms with Crippen LogP contribution in [0.15, 0.2) is 42.5 Å². The number of hydrogen-bond acceptors (Lipinski definition) is 5. The number of aromatic nitrogens is 1. The summed E-state index contributed by atoms with van der Waals surface area (Å²) in [5.74, 6) is -0.624. The zero-order valence-electron chi connectivity index (χ0n) is 18.8. The average Bonchev–Trinajstić information content (AvgIpc) is 2.81. The van der Waals surface area contributed by atoms with Gasteiger partial charge >= 0.3 is 0 Å². The summed E-state index contributed by atoms with van der Waals surface area (Å²) in [5, 5.41) is 5.50. The highest BCUT2D eigenvalue weighted by atomic mass is 16.7. The quantitative estimate of drug-likeness (QED) is 0.400. The van der Waals surface area contributed by atoms with Crippen LogP contribution in [0, 0.1) is 0 Å². The van der Waals surface area contributed by atoms with Gasteiger partial charge in [0.05, 0.1) is 0 Å². The monoisotopic (exact) mass is 427 g/mol. The summed E-state index contributed by atoms with van der Waals surface area (Å²) in [6.07, 6.45) is 1.15. The Bertz CT molecular complexity index is 836. The third-order valence-electron chi connectivity index (χ3n) is 4.92. The largest absolute Gasteiger partial charge is 0.354 e. The zero-order valence-corrected chi connectivity index (χ0v) is 18.8. The number of ether oxygens (including phenoxy) is 2. The summed E-state index contributed by atoms with van der Waals surface area (Å²) in [5.41, 5.74) is 2.37. The van der Waals surface area contributed by atoms with Gasteiger partial charge in [0.2, 0.25) is 0 Å². The molecule has 0 spiro atoms. The number of pyridine rings is 1. The van der Waals surface area contributed by atoms with E-state index in [2.05, 4.69) is 15.6 Å². The van der Waals surface area contributed by atoms with Crippen LogP contribution in [0.3, 0.4) is 0 Å². The van der Waals surface area contributed by atoms with Gasteiger partial charge in [0, 0.05) is 50.4 Å². The Morgan fingerprint density at radius 3 is 2.32 bits per heavy atom. The van der Waals surface area contributed by atoms with Crippen LogP contribution >= 0.6 is 0 Å². The van der Waals surface area contributed by atoms with Gasteiger partial charge in [0.25, 0.3) is 11.8 Å². The van der Waals surface area contributed by atoms with Crippen molar-refractivity contribution in [2.24, 2.45) is 0 Å². The molecule has 1 atom stereocenters. The maximum Gasteiger partial charge on any atom is 0.269 e. The first-order valence-corrected chi connectivity index (χ1v) is 10.8. The van der Waals surface area contributed by atoms with Crippen molar-refractivity contribution in [3.8, 4) is 0 Å². The Kier molecular flexibility index (Phi) is 10.1. The van der Waals surface area contributed by atoms with Crippen molar-refractivity contribution in [1.29, 1.82) is 0 Å². The Hall–Kier alpha value is -2.77. The standard InChI is InChI=1S/C24H33N3O4/c1-5-30-22(31-6-2)13-10-14-26-23(28)19-15-20(27-21(16-19)24(29)25-4)17(3)18-11-8-7-9-12-18/h7-9,11-12,15-17,22H,5-6,10,13-14H2,1-4H3,(H,25,29)(H,26,28)/t17-/m0/s1. The van der Waals surface area contributed by atoms with Crippen molar-refractivity contribution in [1.82, 2.24) is 15.6 Å². The van der Waals surface area contributed by atoms with E-state index in [0.717, 1.165) is 12.0 Å². The van der Waals surface area contributed by atoms with Crippen LogP contribution in [-0.2, 0) is 9.47 Å². The molecule has 2 aromatic rings. The highest BCUT2D eigenvalue weighted by Gasteiger charge is 2.18. The fourth-order valence-electron chi connectivity index (χ4n) is 3.22. The predicted molar refractivity (Wildman–Crippen MR) is 120 cm³/mol. The molecule has 0 fully saturated rings. The van der Waals surface area contributed by atoms with Crippen molar-refractivity contribution in [3.05, 3.63) is 65.0 Å². The first-order valence-electron chi connectivity index (χ1n) is 10.8. The number of carbonyl (C=O) groups excluding carboxylic acids is 2. The number of amides is 2. The number of hydrogen-bond donors (Lipinski definition) is 2. The molecular formula is C24H33N3O4. The van der Waals surface area contributed by atoms with Gasteiger partial charge < -0.3 is 20.1 Å². The lowest BCUT2D eigenvalue weighted by Gasteiger charge is -2.17. The second-order valence-corrected chi connectivity index (χ2v) is 7.12. The molecule has 0 radical (unpaired) electrons. The van der Waals surface area contributed by atoms with Crippen LogP contribution in [0.5, 0.6) is 0 Å². The van der Waals surface area contributed by atoms with E-state index >= 15 is 0 Å². The smallest absolute Gasteiger partial charge is 0.269 e. The van der Waals surface area contributed by atoms with Crippen LogP contribution in [0.25, 0.3) is 0 Å². The first-order chi connectivity index (χ1) is 15.0. The van der Waals surface area contributed by atoms with E-state index in [1.165, 1.54) is 6.07 Å². The third kappa shape index (κ3) is 7.45. The Morgan fingerprint density at radius 1 is 1.03 bits per heavy atom. The van der Waals surface area contributed by atoms with Crippen LogP contribution < -0.4 is 10.6 Å². The molecule has 2 rings (SSSR count). The summed E-state index contributed by atoms with van der Waals surface area (Å²) in [6.45, 7) is 7.51. The number of benzene rings is 1. The van der Waals surface area contributed by atoms with Gasteiger partial charge in [-0.1, -0.05) is 37.3 Å². The highest BCUT2D eigenvalue weighted by Crippen LogP contribution is 2.23. The fraction of sp³-hybridized carbons (Fsp3) is 0.458. The molecule has 2 N–H and O–H groups in total. The predicted octanol–water partition coefficient (Wildman–Crippen LogP) is 3.50. The lowest BCUT2D eigenvalue weighted by Crippen LogP contribution is -2.27. The van der Waals surface area contributed by atoms with Crippen molar-refractivity contribution in [3.63, 3.8) is 0 Å². The van der Waals surface area contributed by atoms with Crippen LogP contribution in [-0.4, -0.2) is 49.9 Å². The molecule has 7 nitrogen and oxygen atoms in total. The minimum absolute atomic E-state index is 0.0597. The lowest BCUT2D eigenvalue weighted by molar-refractivity contribution is -0.139. The maximum atomic E-state index is 12.8. The second kappa shape index (κ2) is 12.8. The molecule has 168 valence electrons. The molecule has 31 heavy (non-hydrogen) atoms. The van der Waals surface area contributed by atoms with Gasteiger partial charge in [0.1, 0.15) is 5.69 Å². The number of nitrogens with zero attached hydrogens (tertiary/aromatic N) is 1. The first kappa shape index (κ1) is 24.5. The second-order valence-electron chi connectivity index (χ2n) is 7.12. The number of carbonyl (C=O) groups is 2. The van der Waals surface area contributed by atoms with Gasteiger partial charge in [-0.05, 0) is 38.0 Å². The Balaban J connectivity index is 2.11. The van der Waals surface area contributed by atoms with E-state index < -0.39 is 0 Å². The highest BCUT2D eigenvalue weighted by molar-refractivity contribution is 5.98. The SMILES string of the molecule is CCOC(CCCNC(=O)c1cc(C(=O)NC)nc([C@@H](C)c2ccccc2)c1)OCC. The molecule has 0 saturated carbocycles. The molecule has 0 saturated heterocycles. The molecule has 0 aliphatic carbocycles. The summed E-state index contributed by atoms with van der Waals surface area (Å²) < 4.78 is 11.0. The minimum atomic E-state index is -0.326. The number of nitrogens with one attached hydrogen (secondary N) is 2. The van der Waals surface area contributed by atoms with E-state index in [4.69, 9.17) is 9.47 Å². The van der Waals surface area contributed by atoms with E-state index in [-0.39, 0.29) is 29.7 Å². The maximum absolute atomic E-state index is 12.8. The van der Waals surface area contributed by atoms with Crippen molar-refractivity contribution < 1.29 is 19.1 Å². The summed E-state index contributed by atoms with van der Waals surface area (Å²) >= 11 is 0. The zero-order chi connectivity index (χ0) is 22.6. The Morgan fingerprint density at radius 2 is 1.71 bits per heavy atom. The average molecular weight is 428 g/mol. The topological polar surface area (TPSA) is 89.5 Å². The van der Waals surface area contributed by atoms with Gasteiger partial charge in [-0.15, -0.1) is 0 Å². The third-order valence-corrected chi connectivity index (χ3v) is 4.92. The van der Waals surface area contributed by atoms with Gasteiger partial charge in [-0.25, -0.2) is 4.98 Å². The van der Waals surface area contributed by atoms with Crippen LogP contribution in [0.4, 0.5) is 0 Å². The molecule has 1 heterocycles. The molecule has 2 amide bonds. The van der Waals surface area contributed by atoms with Gasteiger partial charge in [0.15, 0.2) is 6.29 Å². The summed E-state index contributed by atoms with van der Waals surface area (Å²) in [6, 6.07) is 13.2. The normalized spacial score (nSPS) is 11.9. The van der Waals surface area contributed by atoms with E-state index in [1.54, 1.807) is 13.1 Å². The molecule has 0 aliphatic rings. The van der Waals surface area contributed by atoms with Gasteiger partial charge in [-0.3, -0.25) is 9.59 Å². The molecule has 7 heteroatoms. The fourth-order valence-corrected chi connectivity index (χ4v) is 3.22. The summed E-state index contributed by atoms with van der Waals surface area (Å²) in [4.78, 5) is 29.5. The molecule has 1 aromatic heterocycles. The molecule has 0 bridgehead atoms. The Labute approximate surface area is 184 Å². The molecular weight excluding hydrogens is 394 g/mol. The molecule has 1 aromatic carbocycles. The van der Waals surface area contributed by atoms with E-state index in [1.807, 2.05) is 51.1 Å². The van der Waals surface area contributed by atoms with E-state index in [0.29, 0.717) is 37.4 Å². The number of rotatable bonds is 12. The van der Waals surface area contributed by atoms with Crippen molar-refractivity contribution >= 4 is 11.8 Å².